The van der Waals surface area contributed by atoms with Gasteiger partial charge in [0.15, 0.2) is 34.9 Å². The Morgan fingerprint density at radius 1 is 0.787 bits per heavy atom. The van der Waals surface area contributed by atoms with Crippen LogP contribution in [0.2, 0.25) is 0 Å². The molecule has 0 radical (unpaired) electrons. The molecule has 0 unspecified atom stereocenters. The van der Waals surface area contributed by atoms with Crippen molar-refractivity contribution in [1.29, 1.82) is 0 Å². The van der Waals surface area contributed by atoms with Gasteiger partial charge in [0.25, 0.3) is 0 Å². The monoisotopic (exact) mass is 659 g/mol. The van der Waals surface area contributed by atoms with Crippen molar-refractivity contribution in [2.45, 2.75) is 37.6 Å². The summed E-state index contributed by atoms with van der Waals surface area (Å²) in [6.07, 6.45) is -9.25. The number of rotatable bonds is 7. The number of fused-ring (bicyclic) bond motifs is 1. The van der Waals surface area contributed by atoms with Gasteiger partial charge in [0.1, 0.15) is 41.8 Å². The minimum Gasteiger partial charge on any atom is -0.507 e. The van der Waals surface area contributed by atoms with E-state index in [1.54, 1.807) is 0 Å². The zero-order valence-corrected chi connectivity index (χ0v) is 24.0. The van der Waals surface area contributed by atoms with Gasteiger partial charge in [-0.05, 0) is 12.1 Å². The predicted octanol–water partition coefficient (Wildman–Crippen LogP) is 1.64. The zero-order valence-electron chi connectivity index (χ0n) is 24.0. The van der Waals surface area contributed by atoms with E-state index in [4.69, 9.17) is 23.4 Å². The molecule has 17 nitrogen and oxygen atoms in total. The highest BCUT2D eigenvalue weighted by molar-refractivity contribution is 5.91. The lowest BCUT2D eigenvalue weighted by atomic mass is 9.98. The number of phenols is 7. The molecule has 3 aromatic carbocycles. The van der Waals surface area contributed by atoms with Crippen LogP contribution in [0.5, 0.6) is 51.7 Å². The number of aliphatic hydroxyl groups is 2. The van der Waals surface area contributed by atoms with E-state index in [0.29, 0.717) is 0 Å². The molecule has 1 aliphatic heterocycles. The van der Waals surface area contributed by atoms with E-state index in [1.165, 1.54) is 0 Å². The Hall–Kier alpha value is -5.91. The highest BCUT2D eigenvalue weighted by Crippen LogP contribution is 2.45. The number of aromatic hydroxyl groups is 8. The van der Waals surface area contributed by atoms with E-state index < -0.39 is 101 Å². The van der Waals surface area contributed by atoms with Crippen LogP contribution in [0.25, 0.3) is 22.3 Å². The van der Waals surface area contributed by atoms with Crippen molar-refractivity contribution in [3.63, 3.8) is 0 Å². The Balaban J connectivity index is 1.53. The van der Waals surface area contributed by atoms with Gasteiger partial charge in [-0.3, -0.25) is 4.79 Å². The van der Waals surface area contributed by atoms with Crippen LogP contribution in [-0.2, 0) is 19.0 Å². The lowest BCUT2D eigenvalue weighted by Gasteiger charge is -2.41. The molecule has 1 aromatic heterocycles. The first kappa shape index (κ1) is 32.5. The van der Waals surface area contributed by atoms with Crippen LogP contribution < -0.4 is 4.74 Å². The van der Waals surface area contributed by atoms with Crippen molar-refractivity contribution in [3.8, 4) is 63.1 Å². The third-order valence-corrected chi connectivity index (χ3v) is 7.03. The van der Waals surface area contributed by atoms with E-state index in [2.05, 4.69) is 0 Å². The van der Waals surface area contributed by atoms with Crippen LogP contribution >= 0.6 is 0 Å². The Bertz CT molecular complexity index is 1850. The number of hydrogen-bond acceptors (Lipinski definition) is 16. The maximum atomic E-state index is 13.0. The van der Waals surface area contributed by atoms with Crippen molar-refractivity contribution in [1.82, 2.24) is 0 Å². The molecule has 0 bridgehead atoms. The van der Waals surface area contributed by atoms with Crippen LogP contribution in [0, 0.1) is 0 Å². The van der Waals surface area contributed by atoms with Gasteiger partial charge in [-0.1, -0.05) is 0 Å². The molecule has 5 atom stereocenters. The number of carbonyl (C=O) groups is 2. The molecular weight excluding hydrogens is 632 g/mol. The first-order valence-electron chi connectivity index (χ1n) is 13.5. The second-order valence-electron chi connectivity index (χ2n) is 10.4. The summed E-state index contributed by atoms with van der Waals surface area (Å²) in [6, 6.07) is 6.69. The smallest absolute Gasteiger partial charge is 0.402 e. The summed E-state index contributed by atoms with van der Waals surface area (Å²) in [5, 5.41) is 103. The molecule has 47 heavy (non-hydrogen) atoms. The van der Waals surface area contributed by atoms with Crippen molar-refractivity contribution in [2.75, 3.05) is 6.61 Å². The molecule has 0 amide bonds. The molecule has 4 aromatic rings. The molecule has 1 fully saturated rings. The van der Waals surface area contributed by atoms with Gasteiger partial charge in [0.05, 0.1) is 17.2 Å². The molecule has 2 heterocycles. The van der Waals surface area contributed by atoms with Gasteiger partial charge in [-0.25, -0.2) is 9.21 Å². The Morgan fingerprint density at radius 3 is 2.11 bits per heavy atom. The molecule has 5 rings (SSSR count). The molecule has 0 spiro atoms. The van der Waals surface area contributed by atoms with E-state index in [9.17, 15) is 60.7 Å². The number of phenolic OH excluding ortho intramolecular Hbond substituents is 7. The molecule has 0 aliphatic carbocycles. The minimum absolute atomic E-state index is 0.0189. The van der Waals surface area contributed by atoms with Crippen LogP contribution in [0.4, 0.5) is 0 Å². The molecule has 1 aliphatic rings. The average Bonchev–Trinajstić information content (AvgIpc) is 3.00. The van der Waals surface area contributed by atoms with Gasteiger partial charge in [-0.2, -0.15) is 0 Å². The van der Waals surface area contributed by atoms with E-state index in [1.807, 2.05) is 0 Å². The first-order valence-corrected chi connectivity index (χ1v) is 13.5. The van der Waals surface area contributed by atoms with E-state index in [-0.39, 0.29) is 28.0 Å². The second-order valence-corrected chi connectivity index (χ2v) is 10.4. The summed E-state index contributed by atoms with van der Waals surface area (Å²) in [6.45, 7) is 0.448. The highest BCUT2D eigenvalue weighted by atomic mass is 16.7. The Morgan fingerprint density at radius 2 is 1.45 bits per heavy atom. The first-order chi connectivity index (χ1) is 22.1. The van der Waals surface area contributed by atoms with Crippen molar-refractivity contribution >= 4 is 22.9 Å². The zero-order chi connectivity index (χ0) is 34.3. The molecular formula is C30H27O17+. The van der Waals surface area contributed by atoms with Crippen LogP contribution in [0.15, 0.2) is 46.9 Å². The third kappa shape index (κ3) is 6.43. The van der Waals surface area contributed by atoms with E-state index >= 15 is 0 Å². The fraction of sp³-hybridized carbons (Fsp3) is 0.233. The minimum atomic E-state index is -2.02. The molecule has 17 heteroatoms. The fourth-order valence-electron chi connectivity index (χ4n) is 4.71. The third-order valence-electron chi connectivity index (χ3n) is 7.03. The average molecular weight is 660 g/mol. The SMILES string of the molecule is CC(=O)OC[C@H]1O[C@@H](Oc2cc(-c3[o+]c4cc(O)cc(O)c4cc3O)cc(O)c2O)[C@H](OC(=O)c2cc(O)c(O)c(O)c2)[C@H](O)[C@H]1O. The van der Waals surface area contributed by atoms with Crippen LogP contribution in [-0.4, -0.2) is 100 Å². The van der Waals surface area contributed by atoms with Gasteiger partial charge < -0.3 is 70.0 Å². The lowest BCUT2D eigenvalue weighted by molar-refractivity contribution is -0.277. The standard InChI is InChI=1S/C30H26O17/c1-10(31)43-9-22-25(40)26(41)28(47-29(42)12-3-16(34)23(38)17(35)4-12)30(46-22)45-21-5-11(2-18(36)24(21)39)27-19(37)8-14-15(33)6-13(32)7-20(14)44-27/h2-8,22,25-26,28,30,40-41H,9H2,1H3,(H7-,32,33,34,35,36,37,38,39,42)/p+1/t22-,25+,26-,28-,30-/m1/s1. The predicted molar refractivity (Wildman–Crippen MR) is 153 cm³/mol. The number of carbonyl (C=O) groups excluding carboxylic acids is 2. The number of aliphatic hydroxyl groups excluding tert-OH is 2. The molecule has 1 saturated heterocycles. The summed E-state index contributed by atoms with van der Waals surface area (Å²) in [7, 11) is 0. The summed E-state index contributed by atoms with van der Waals surface area (Å²) >= 11 is 0. The van der Waals surface area contributed by atoms with Crippen molar-refractivity contribution < 1.29 is 84.0 Å². The highest BCUT2D eigenvalue weighted by Gasteiger charge is 2.49. The van der Waals surface area contributed by atoms with Crippen LogP contribution in [0.3, 0.4) is 0 Å². The maximum absolute atomic E-state index is 13.0. The summed E-state index contributed by atoms with van der Waals surface area (Å²) in [5.74, 6) is -8.86. The van der Waals surface area contributed by atoms with Crippen molar-refractivity contribution in [2.24, 2.45) is 0 Å². The number of benzene rings is 3. The summed E-state index contributed by atoms with van der Waals surface area (Å²) in [4.78, 5) is 24.4. The molecule has 10 N–H and O–H groups in total. The quantitative estimate of drug-likeness (QED) is 0.0766. The molecule has 248 valence electrons. The Kier molecular flexibility index (Phi) is 8.62. The fourth-order valence-corrected chi connectivity index (χ4v) is 4.71. The summed E-state index contributed by atoms with van der Waals surface area (Å²) in [5.41, 5.74) is -0.758. The van der Waals surface area contributed by atoms with Gasteiger partial charge in [0.2, 0.25) is 17.8 Å². The topological polar surface area (TPSA) is 285 Å². The normalized spacial score (nSPS) is 20.9. The number of ether oxygens (including phenoxy) is 4. The van der Waals surface area contributed by atoms with E-state index in [0.717, 1.165) is 49.4 Å². The summed E-state index contributed by atoms with van der Waals surface area (Å²) < 4.78 is 27.1. The maximum Gasteiger partial charge on any atom is 0.402 e. The lowest BCUT2D eigenvalue weighted by Crippen LogP contribution is -2.61. The van der Waals surface area contributed by atoms with Gasteiger partial charge >= 0.3 is 23.3 Å². The molecule has 0 saturated carbocycles. The number of hydrogen-bond donors (Lipinski definition) is 10. The van der Waals surface area contributed by atoms with Gasteiger partial charge in [-0.15, -0.1) is 0 Å². The van der Waals surface area contributed by atoms with Crippen LogP contribution in [0.1, 0.15) is 17.3 Å². The second kappa shape index (κ2) is 12.5. The largest absolute Gasteiger partial charge is 0.507 e. The Labute approximate surface area is 262 Å². The van der Waals surface area contributed by atoms with Gasteiger partial charge in [0, 0.05) is 31.2 Å². The number of esters is 2. The van der Waals surface area contributed by atoms with Crippen molar-refractivity contribution in [3.05, 3.63) is 48.0 Å².